The van der Waals surface area contributed by atoms with Gasteiger partial charge in [-0.2, -0.15) is 8.75 Å². The Morgan fingerprint density at radius 1 is 0.929 bits per heavy atom. The number of pyridine rings is 1. The SMILES string of the molecule is O=S(=O)(Nc1ccc(-c2cn3ccccc3n2)cc1)c1cccc2nsnc12. The lowest BCUT2D eigenvalue weighted by Crippen LogP contribution is -2.13. The Morgan fingerprint density at radius 3 is 2.61 bits per heavy atom. The van der Waals surface area contributed by atoms with Crippen molar-refractivity contribution in [3.05, 3.63) is 73.1 Å². The Hall–Kier alpha value is -3.30. The molecule has 9 heteroatoms. The second-order valence-electron chi connectivity index (χ2n) is 6.16. The van der Waals surface area contributed by atoms with Crippen LogP contribution in [0.3, 0.4) is 0 Å². The van der Waals surface area contributed by atoms with Crippen LogP contribution in [0.2, 0.25) is 0 Å². The molecule has 2 aromatic carbocycles. The first-order chi connectivity index (χ1) is 13.6. The van der Waals surface area contributed by atoms with Gasteiger partial charge < -0.3 is 4.40 Å². The van der Waals surface area contributed by atoms with Gasteiger partial charge in [-0.05, 0) is 36.4 Å². The van der Waals surface area contributed by atoms with E-state index >= 15 is 0 Å². The van der Waals surface area contributed by atoms with Crippen LogP contribution < -0.4 is 4.72 Å². The summed E-state index contributed by atoms with van der Waals surface area (Å²) in [5.74, 6) is 0. The van der Waals surface area contributed by atoms with E-state index in [1.807, 2.05) is 47.1 Å². The van der Waals surface area contributed by atoms with Crippen molar-refractivity contribution in [2.45, 2.75) is 4.90 Å². The molecule has 0 aliphatic carbocycles. The molecule has 138 valence electrons. The highest BCUT2D eigenvalue weighted by molar-refractivity contribution is 7.93. The minimum absolute atomic E-state index is 0.114. The van der Waals surface area contributed by atoms with Gasteiger partial charge in [-0.3, -0.25) is 4.72 Å². The fourth-order valence-corrected chi connectivity index (χ4v) is 4.82. The second kappa shape index (κ2) is 6.39. The van der Waals surface area contributed by atoms with Crippen LogP contribution >= 0.6 is 11.7 Å². The Bertz CT molecular complexity index is 1370. The molecule has 0 unspecified atom stereocenters. The maximum absolute atomic E-state index is 12.8. The highest BCUT2D eigenvalue weighted by atomic mass is 32.2. The molecule has 3 aromatic heterocycles. The highest BCUT2D eigenvalue weighted by Gasteiger charge is 2.19. The van der Waals surface area contributed by atoms with E-state index in [2.05, 4.69) is 18.5 Å². The maximum atomic E-state index is 12.8. The van der Waals surface area contributed by atoms with Crippen molar-refractivity contribution in [1.29, 1.82) is 0 Å². The lowest BCUT2D eigenvalue weighted by atomic mass is 10.1. The van der Waals surface area contributed by atoms with Gasteiger partial charge in [0, 0.05) is 23.6 Å². The summed E-state index contributed by atoms with van der Waals surface area (Å²) in [7, 11) is -3.77. The van der Waals surface area contributed by atoms with Crippen molar-refractivity contribution in [3.63, 3.8) is 0 Å². The summed E-state index contributed by atoms with van der Waals surface area (Å²) in [4.78, 5) is 4.69. The van der Waals surface area contributed by atoms with E-state index in [4.69, 9.17) is 0 Å². The van der Waals surface area contributed by atoms with E-state index in [0.717, 1.165) is 28.6 Å². The van der Waals surface area contributed by atoms with E-state index in [0.29, 0.717) is 16.7 Å². The number of hydrogen-bond acceptors (Lipinski definition) is 6. The largest absolute Gasteiger partial charge is 0.306 e. The molecule has 0 saturated heterocycles. The topological polar surface area (TPSA) is 89.2 Å². The van der Waals surface area contributed by atoms with Crippen LogP contribution in [0.15, 0.2) is 78.0 Å². The molecule has 0 amide bonds. The number of sulfonamides is 1. The highest BCUT2D eigenvalue weighted by Crippen LogP contribution is 2.25. The summed E-state index contributed by atoms with van der Waals surface area (Å²) in [6.07, 6.45) is 3.87. The maximum Gasteiger partial charge on any atom is 0.264 e. The molecular formula is C19H13N5O2S2. The second-order valence-corrected chi connectivity index (χ2v) is 8.34. The zero-order valence-electron chi connectivity index (χ0n) is 14.4. The van der Waals surface area contributed by atoms with Crippen LogP contribution in [0.4, 0.5) is 5.69 Å². The van der Waals surface area contributed by atoms with Crippen molar-refractivity contribution in [2.24, 2.45) is 0 Å². The molecule has 0 aliphatic heterocycles. The molecule has 3 heterocycles. The number of benzene rings is 2. The summed E-state index contributed by atoms with van der Waals surface area (Å²) < 4.78 is 38.3. The molecule has 0 radical (unpaired) electrons. The molecular weight excluding hydrogens is 394 g/mol. The smallest absolute Gasteiger partial charge is 0.264 e. The molecule has 7 nitrogen and oxygen atoms in total. The Balaban J connectivity index is 1.45. The zero-order valence-corrected chi connectivity index (χ0v) is 16.0. The van der Waals surface area contributed by atoms with E-state index in [1.165, 1.54) is 6.07 Å². The van der Waals surface area contributed by atoms with Gasteiger partial charge in [0.2, 0.25) is 0 Å². The van der Waals surface area contributed by atoms with E-state index < -0.39 is 10.0 Å². The van der Waals surface area contributed by atoms with Gasteiger partial charge in [0.1, 0.15) is 21.6 Å². The average Bonchev–Trinajstić information content (AvgIpc) is 3.34. The summed E-state index contributed by atoms with van der Waals surface area (Å²) >= 11 is 0.989. The molecule has 0 saturated carbocycles. The van der Waals surface area contributed by atoms with Gasteiger partial charge in [0.05, 0.1) is 17.4 Å². The summed E-state index contributed by atoms with van der Waals surface area (Å²) in [5, 5.41) is 0. The standard InChI is InChI=1S/C19H13N5O2S2/c25-28(26,17-5-3-4-15-19(17)22-27-21-15)23-14-9-7-13(8-10-14)16-12-24-11-2-1-6-18(24)20-16/h1-12,23H. The number of aromatic nitrogens is 4. The minimum Gasteiger partial charge on any atom is -0.306 e. The summed E-state index contributed by atoms with van der Waals surface area (Å²) in [6.45, 7) is 0. The zero-order chi connectivity index (χ0) is 19.1. The quantitative estimate of drug-likeness (QED) is 0.489. The molecule has 0 bridgehead atoms. The van der Waals surface area contributed by atoms with Crippen molar-refractivity contribution in [3.8, 4) is 11.3 Å². The van der Waals surface area contributed by atoms with Crippen molar-refractivity contribution >= 4 is 44.1 Å². The predicted molar refractivity (Wildman–Crippen MR) is 109 cm³/mol. The third-order valence-electron chi connectivity index (χ3n) is 4.34. The molecule has 0 aliphatic rings. The Morgan fingerprint density at radius 2 is 1.79 bits per heavy atom. The number of nitrogens with one attached hydrogen (secondary N) is 1. The van der Waals surface area contributed by atoms with Crippen molar-refractivity contribution < 1.29 is 8.42 Å². The summed E-state index contributed by atoms with van der Waals surface area (Å²) in [6, 6.07) is 17.8. The minimum atomic E-state index is -3.77. The van der Waals surface area contributed by atoms with Crippen molar-refractivity contribution in [1.82, 2.24) is 18.1 Å². The van der Waals surface area contributed by atoms with Gasteiger partial charge in [-0.1, -0.05) is 24.3 Å². The third kappa shape index (κ3) is 2.90. The molecule has 28 heavy (non-hydrogen) atoms. The first-order valence-corrected chi connectivity index (χ1v) is 10.6. The predicted octanol–water partition coefficient (Wildman–Crippen LogP) is 3.81. The number of anilines is 1. The molecule has 1 N–H and O–H groups in total. The van der Waals surface area contributed by atoms with E-state index in [1.54, 1.807) is 24.3 Å². The van der Waals surface area contributed by atoms with Gasteiger partial charge in [-0.15, -0.1) is 0 Å². The monoisotopic (exact) mass is 407 g/mol. The van der Waals surface area contributed by atoms with Crippen LogP contribution in [0.25, 0.3) is 27.9 Å². The fourth-order valence-electron chi connectivity index (χ4n) is 2.99. The molecule has 5 rings (SSSR count). The number of fused-ring (bicyclic) bond motifs is 2. The van der Waals surface area contributed by atoms with E-state index in [-0.39, 0.29) is 4.90 Å². The third-order valence-corrected chi connectivity index (χ3v) is 6.29. The Labute approximate surface area is 164 Å². The van der Waals surface area contributed by atoms with Gasteiger partial charge >= 0.3 is 0 Å². The molecule has 5 aromatic rings. The van der Waals surface area contributed by atoms with Crippen molar-refractivity contribution in [2.75, 3.05) is 4.72 Å². The normalized spacial score (nSPS) is 11.9. The van der Waals surface area contributed by atoms with Crippen LogP contribution in [0.1, 0.15) is 0 Å². The lowest BCUT2D eigenvalue weighted by molar-refractivity contribution is 0.602. The van der Waals surface area contributed by atoms with Gasteiger partial charge in [0.25, 0.3) is 10.0 Å². The molecule has 0 atom stereocenters. The van der Waals surface area contributed by atoms with Gasteiger partial charge in [0.15, 0.2) is 0 Å². The molecule has 0 spiro atoms. The fraction of sp³-hybridized carbons (Fsp3) is 0. The number of hydrogen-bond donors (Lipinski definition) is 1. The van der Waals surface area contributed by atoms with Crippen LogP contribution in [0, 0.1) is 0 Å². The number of imidazole rings is 1. The van der Waals surface area contributed by atoms with Crippen LogP contribution in [0.5, 0.6) is 0 Å². The Kier molecular flexibility index (Phi) is 3.85. The van der Waals surface area contributed by atoms with Crippen LogP contribution in [-0.4, -0.2) is 26.5 Å². The number of nitrogens with zero attached hydrogens (tertiary/aromatic N) is 4. The lowest BCUT2D eigenvalue weighted by Gasteiger charge is -2.08. The average molecular weight is 407 g/mol. The first kappa shape index (κ1) is 16.8. The first-order valence-electron chi connectivity index (χ1n) is 8.38. The summed E-state index contributed by atoms with van der Waals surface area (Å²) in [5.41, 5.74) is 3.98. The molecule has 0 fully saturated rings. The van der Waals surface area contributed by atoms with E-state index in [9.17, 15) is 8.42 Å². The number of rotatable bonds is 4. The van der Waals surface area contributed by atoms with Gasteiger partial charge in [-0.25, -0.2) is 13.4 Å². The van der Waals surface area contributed by atoms with Crippen LogP contribution in [-0.2, 0) is 10.0 Å².